The quantitative estimate of drug-likeness (QED) is 0.0151. The number of ether oxygens (including phenoxy) is 2. The number of carbonyl (C=O) groups excluding carboxylic acids is 2. The lowest BCUT2D eigenvalue weighted by Crippen LogP contribution is -2.34. The molecule has 2 unspecified atom stereocenters. The summed E-state index contributed by atoms with van der Waals surface area (Å²) in [5.41, 5.74) is 5.32. The molecule has 0 radical (unpaired) electrons. The van der Waals surface area contributed by atoms with Gasteiger partial charge in [0.15, 0.2) is 6.10 Å². The second-order valence-electron chi connectivity index (χ2n) is 13.9. The molecule has 334 valence electrons. The zero-order valence-corrected chi connectivity index (χ0v) is 36.6. The molecule has 0 amide bonds. The third kappa shape index (κ3) is 39.6. The molecule has 13 heteroatoms. The van der Waals surface area contributed by atoms with Crippen LogP contribution in [0.25, 0.3) is 0 Å². The van der Waals surface area contributed by atoms with Gasteiger partial charge in [0.1, 0.15) is 12.6 Å². The molecule has 0 rings (SSSR count). The van der Waals surface area contributed by atoms with Crippen LogP contribution < -0.4 is 5.73 Å². The molecule has 5 N–H and O–H groups in total. The molecule has 0 aliphatic carbocycles. The van der Waals surface area contributed by atoms with Crippen molar-refractivity contribution in [2.45, 2.75) is 154 Å². The zero-order chi connectivity index (χ0) is 43.7. The van der Waals surface area contributed by atoms with E-state index in [4.69, 9.17) is 24.8 Å². The van der Waals surface area contributed by atoms with E-state index in [0.717, 1.165) is 64.2 Å². The number of unbranched alkanes of at least 4 members (excludes halogenated alkanes) is 8. The summed E-state index contributed by atoms with van der Waals surface area (Å²) < 4.78 is 32.5. The maximum Gasteiger partial charge on any atom is 0.472 e. The minimum Gasteiger partial charge on any atom is -0.480 e. The molecular weight excluding hydrogens is 773 g/mol. The van der Waals surface area contributed by atoms with Crippen LogP contribution in [0.15, 0.2) is 97.2 Å². The van der Waals surface area contributed by atoms with E-state index in [0.29, 0.717) is 25.7 Å². The van der Waals surface area contributed by atoms with Crippen molar-refractivity contribution in [1.29, 1.82) is 0 Å². The lowest BCUT2D eigenvalue weighted by molar-refractivity contribution is -0.161. The Labute approximate surface area is 354 Å². The average Bonchev–Trinajstić information content (AvgIpc) is 3.20. The van der Waals surface area contributed by atoms with Gasteiger partial charge in [-0.1, -0.05) is 143 Å². The van der Waals surface area contributed by atoms with Gasteiger partial charge in [-0.3, -0.25) is 23.4 Å². The van der Waals surface area contributed by atoms with Crippen molar-refractivity contribution in [3.8, 4) is 0 Å². The van der Waals surface area contributed by atoms with Crippen LogP contribution in [-0.4, -0.2) is 71.1 Å². The number of rotatable bonds is 38. The Morgan fingerprint density at radius 3 is 1.81 bits per heavy atom. The summed E-state index contributed by atoms with van der Waals surface area (Å²) in [4.78, 5) is 45.9. The molecule has 0 aromatic carbocycles. The average molecular weight is 848 g/mol. The van der Waals surface area contributed by atoms with E-state index in [1.54, 1.807) is 6.08 Å². The van der Waals surface area contributed by atoms with Crippen molar-refractivity contribution >= 4 is 25.7 Å². The Morgan fingerprint density at radius 1 is 0.627 bits per heavy atom. The monoisotopic (exact) mass is 847 g/mol. The van der Waals surface area contributed by atoms with Gasteiger partial charge in [0.05, 0.1) is 19.3 Å². The maximum atomic E-state index is 12.6. The molecule has 0 aromatic heterocycles. The predicted octanol–water partition coefficient (Wildman–Crippen LogP) is 10.2. The van der Waals surface area contributed by atoms with Crippen LogP contribution >= 0.6 is 7.82 Å². The van der Waals surface area contributed by atoms with Crippen molar-refractivity contribution in [3.63, 3.8) is 0 Å². The number of phosphoric acid groups is 1. The first-order valence-corrected chi connectivity index (χ1v) is 22.9. The highest BCUT2D eigenvalue weighted by Gasteiger charge is 2.28. The SMILES string of the molecule is CC/C=C\CC(O)/C=C/C=C/C/C=C\C/C=C\C/C=C\CCC(=O)O[C@H](COC(=O)CCCCCCC/C=C\C/C=C\CCCCC)COP(=O)(O)OC[C@H](N)C(=O)O. The van der Waals surface area contributed by atoms with Crippen molar-refractivity contribution < 1.29 is 52.6 Å². The summed E-state index contributed by atoms with van der Waals surface area (Å²) in [6.45, 7) is 2.45. The molecular formula is C46H74NO11P. The van der Waals surface area contributed by atoms with Gasteiger partial charge >= 0.3 is 25.7 Å². The largest absolute Gasteiger partial charge is 0.480 e. The summed E-state index contributed by atoms with van der Waals surface area (Å²) in [6.07, 6.45) is 46.7. The third-order valence-corrected chi connectivity index (χ3v) is 9.36. The van der Waals surface area contributed by atoms with Crippen LogP contribution in [0.2, 0.25) is 0 Å². The molecule has 59 heavy (non-hydrogen) atoms. The molecule has 0 aromatic rings. The Bertz CT molecular complexity index is 1380. The molecule has 0 fully saturated rings. The van der Waals surface area contributed by atoms with Crippen molar-refractivity contribution in [3.05, 3.63) is 97.2 Å². The van der Waals surface area contributed by atoms with Gasteiger partial charge in [-0.25, -0.2) is 4.57 Å². The van der Waals surface area contributed by atoms with Gasteiger partial charge in [-0.2, -0.15) is 0 Å². The van der Waals surface area contributed by atoms with Gasteiger partial charge in [-0.05, 0) is 77.0 Å². The topological polar surface area (TPSA) is 192 Å². The fourth-order valence-electron chi connectivity index (χ4n) is 5.03. The van der Waals surface area contributed by atoms with E-state index in [1.807, 2.05) is 54.7 Å². The van der Waals surface area contributed by atoms with E-state index >= 15 is 0 Å². The van der Waals surface area contributed by atoms with E-state index in [2.05, 4.69) is 54.8 Å². The summed E-state index contributed by atoms with van der Waals surface area (Å²) in [6, 6.07) is -1.55. The number of phosphoric ester groups is 1. The van der Waals surface area contributed by atoms with Crippen molar-refractivity contribution in [2.24, 2.45) is 5.73 Å². The molecule has 12 nitrogen and oxygen atoms in total. The lowest BCUT2D eigenvalue weighted by atomic mass is 10.1. The molecule has 0 bridgehead atoms. The van der Waals surface area contributed by atoms with Gasteiger partial charge < -0.3 is 30.3 Å². The summed E-state index contributed by atoms with van der Waals surface area (Å²) in [7, 11) is -4.76. The summed E-state index contributed by atoms with van der Waals surface area (Å²) in [5, 5.41) is 18.7. The molecule has 0 heterocycles. The molecule has 0 saturated carbocycles. The fourth-order valence-corrected chi connectivity index (χ4v) is 5.80. The normalized spacial score (nSPS) is 15.2. The minimum atomic E-state index is -4.76. The second kappa shape index (κ2) is 39.8. The van der Waals surface area contributed by atoms with Crippen molar-refractivity contribution in [2.75, 3.05) is 19.8 Å². The number of aliphatic hydroxyl groups excluding tert-OH is 1. The number of aliphatic carboxylic acids is 1. The predicted molar refractivity (Wildman–Crippen MR) is 236 cm³/mol. The summed E-state index contributed by atoms with van der Waals surface area (Å²) in [5.74, 6) is -2.55. The van der Waals surface area contributed by atoms with Crippen molar-refractivity contribution in [1.82, 2.24) is 0 Å². The number of allylic oxidation sites excluding steroid dienone is 14. The van der Waals surface area contributed by atoms with Crippen LogP contribution in [-0.2, 0) is 37.5 Å². The van der Waals surface area contributed by atoms with E-state index in [-0.39, 0.29) is 12.8 Å². The molecule has 4 atom stereocenters. The molecule has 0 aliphatic rings. The fraction of sp³-hybridized carbons (Fsp3) is 0.587. The highest BCUT2D eigenvalue weighted by Crippen LogP contribution is 2.43. The third-order valence-electron chi connectivity index (χ3n) is 8.41. The number of carboxylic acid groups (broad SMARTS) is 1. The lowest BCUT2D eigenvalue weighted by Gasteiger charge is -2.20. The van der Waals surface area contributed by atoms with Crippen LogP contribution in [0.4, 0.5) is 0 Å². The number of hydrogen-bond acceptors (Lipinski definition) is 10. The summed E-state index contributed by atoms with van der Waals surface area (Å²) >= 11 is 0. The smallest absolute Gasteiger partial charge is 0.472 e. The van der Waals surface area contributed by atoms with Gasteiger partial charge in [0.25, 0.3) is 0 Å². The first-order chi connectivity index (χ1) is 28.5. The first kappa shape index (κ1) is 55.4. The highest BCUT2D eigenvalue weighted by molar-refractivity contribution is 7.47. The minimum absolute atomic E-state index is 0.0116. The van der Waals surface area contributed by atoms with Crippen LogP contribution in [0.5, 0.6) is 0 Å². The van der Waals surface area contributed by atoms with Gasteiger partial charge in [0, 0.05) is 12.8 Å². The Hall–Kier alpha value is -3.64. The highest BCUT2D eigenvalue weighted by atomic mass is 31.2. The van der Waals surface area contributed by atoms with Crippen LogP contribution in [0.1, 0.15) is 136 Å². The Balaban J connectivity index is 4.59. The molecule has 0 spiro atoms. The van der Waals surface area contributed by atoms with Crippen LogP contribution in [0.3, 0.4) is 0 Å². The number of carboxylic acids is 1. The molecule has 0 saturated heterocycles. The second-order valence-corrected chi connectivity index (χ2v) is 15.4. The first-order valence-electron chi connectivity index (χ1n) is 21.4. The number of esters is 2. The number of hydrogen-bond donors (Lipinski definition) is 4. The Morgan fingerprint density at radius 2 is 1.19 bits per heavy atom. The van der Waals surface area contributed by atoms with E-state index < -0.39 is 63.8 Å². The zero-order valence-electron chi connectivity index (χ0n) is 35.7. The van der Waals surface area contributed by atoms with Crippen LogP contribution in [0, 0.1) is 0 Å². The number of carbonyl (C=O) groups is 3. The maximum absolute atomic E-state index is 12.6. The molecule has 0 aliphatic heterocycles. The number of aliphatic hydroxyl groups is 1. The Kier molecular flexibility index (Phi) is 37.3. The van der Waals surface area contributed by atoms with Gasteiger partial charge in [0.2, 0.25) is 0 Å². The van der Waals surface area contributed by atoms with E-state index in [1.165, 1.54) is 19.3 Å². The van der Waals surface area contributed by atoms with E-state index in [9.17, 15) is 28.9 Å². The van der Waals surface area contributed by atoms with Gasteiger partial charge in [-0.15, -0.1) is 0 Å². The number of nitrogens with two attached hydrogens (primary N) is 1. The standard InChI is InChI=1S/C46H74NO11P/c1-3-5-7-8-9-10-11-12-13-16-19-22-25-28-32-36-44(49)55-38-42(39-56-59(53,54)57-40-43(47)46(51)52)58-45(50)37-33-29-26-23-20-17-14-15-18-21-24-27-31-35-41(48)34-30-6-4-2/h6,9-10,12-13,15,17-18,20,24,26-27,29-31,35,41-43,48H,3-5,7-8,11,14,16,19,21-23,25,28,32-34,36-40,47H2,1-2H3,(H,51,52)(H,53,54)/b10-9-,13-12-,18-15-,20-17-,27-24+,29-26-,30-6-,35-31+/t41?,42-,43+/m1/s1.